The van der Waals surface area contributed by atoms with Crippen molar-refractivity contribution in [1.82, 2.24) is 15.0 Å². The van der Waals surface area contributed by atoms with Crippen LogP contribution in [0, 0.1) is 0 Å². The molecule has 11 heteroatoms. The van der Waals surface area contributed by atoms with E-state index in [4.69, 9.17) is 5.11 Å². The van der Waals surface area contributed by atoms with Gasteiger partial charge in [-0.2, -0.15) is 0 Å². The van der Waals surface area contributed by atoms with Gasteiger partial charge < -0.3 is 20.5 Å². The number of amides is 1. The van der Waals surface area contributed by atoms with Crippen LogP contribution in [-0.4, -0.2) is 45.5 Å². The number of hydrogen-bond acceptors (Lipinski definition) is 7. The van der Waals surface area contributed by atoms with E-state index < -0.39 is 18.0 Å². The SMILES string of the molecule is O=C(Nc1ccc(OC(F)(F)F)cc1)c1cnc(NCCO)c(-c2cncnc2)c1. The number of pyridine rings is 1. The number of hydrogen-bond donors (Lipinski definition) is 3. The molecule has 2 heterocycles. The van der Waals surface area contributed by atoms with Gasteiger partial charge >= 0.3 is 6.36 Å². The number of nitrogens with zero attached hydrogens (tertiary/aromatic N) is 3. The molecule has 1 aromatic carbocycles. The Morgan fingerprint density at radius 2 is 1.80 bits per heavy atom. The first-order valence-corrected chi connectivity index (χ1v) is 8.63. The summed E-state index contributed by atoms with van der Waals surface area (Å²) in [5.41, 5.74) is 1.64. The fourth-order valence-corrected chi connectivity index (χ4v) is 2.51. The molecule has 0 aliphatic rings. The maximum atomic E-state index is 12.6. The molecule has 0 aliphatic carbocycles. The minimum absolute atomic E-state index is 0.108. The highest BCUT2D eigenvalue weighted by atomic mass is 19.4. The monoisotopic (exact) mass is 419 g/mol. The third-order valence-electron chi connectivity index (χ3n) is 3.77. The topological polar surface area (TPSA) is 109 Å². The molecule has 0 bridgehead atoms. The quantitative estimate of drug-likeness (QED) is 0.540. The van der Waals surface area contributed by atoms with Crippen LogP contribution in [0.5, 0.6) is 5.75 Å². The summed E-state index contributed by atoms with van der Waals surface area (Å²) in [4.78, 5) is 24.7. The van der Waals surface area contributed by atoms with Crippen LogP contribution in [0.4, 0.5) is 24.7 Å². The number of halogens is 3. The first-order chi connectivity index (χ1) is 14.4. The van der Waals surface area contributed by atoms with Crippen LogP contribution in [0.3, 0.4) is 0 Å². The lowest BCUT2D eigenvalue weighted by Gasteiger charge is -2.13. The maximum absolute atomic E-state index is 12.6. The minimum atomic E-state index is -4.79. The second-order valence-electron chi connectivity index (χ2n) is 5.92. The highest BCUT2D eigenvalue weighted by molar-refractivity contribution is 6.05. The van der Waals surface area contributed by atoms with Crippen LogP contribution in [0.1, 0.15) is 10.4 Å². The molecule has 0 saturated carbocycles. The molecule has 3 aromatic rings. The molecule has 30 heavy (non-hydrogen) atoms. The van der Waals surface area contributed by atoms with Gasteiger partial charge in [0.05, 0.1) is 12.2 Å². The molecule has 0 saturated heterocycles. The largest absolute Gasteiger partial charge is 0.573 e. The smallest absolute Gasteiger partial charge is 0.406 e. The maximum Gasteiger partial charge on any atom is 0.573 e. The average molecular weight is 419 g/mol. The minimum Gasteiger partial charge on any atom is -0.406 e. The summed E-state index contributed by atoms with van der Waals surface area (Å²) in [6, 6.07) is 6.33. The van der Waals surface area contributed by atoms with Crippen molar-refractivity contribution in [1.29, 1.82) is 0 Å². The Morgan fingerprint density at radius 1 is 1.10 bits per heavy atom. The second-order valence-corrected chi connectivity index (χ2v) is 5.92. The van der Waals surface area contributed by atoms with Gasteiger partial charge in [-0.3, -0.25) is 4.79 Å². The highest BCUT2D eigenvalue weighted by Gasteiger charge is 2.31. The van der Waals surface area contributed by atoms with Gasteiger partial charge in [-0.1, -0.05) is 0 Å². The molecule has 3 rings (SSSR count). The molecule has 0 spiro atoms. The van der Waals surface area contributed by atoms with Gasteiger partial charge in [0.1, 0.15) is 17.9 Å². The van der Waals surface area contributed by atoms with Crippen LogP contribution >= 0.6 is 0 Å². The van der Waals surface area contributed by atoms with E-state index in [2.05, 4.69) is 30.3 Å². The Morgan fingerprint density at radius 3 is 2.43 bits per heavy atom. The zero-order chi connectivity index (χ0) is 21.6. The zero-order valence-corrected chi connectivity index (χ0v) is 15.3. The standard InChI is InChI=1S/C19H16F3N5O3/c20-19(21,22)30-15-3-1-14(2-4-15)27-18(29)12-7-16(13-8-23-11-24-9-13)17(26-10-12)25-5-6-28/h1-4,7-11,28H,5-6H2,(H,25,26)(H,27,29). The number of rotatable bonds is 7. The average Bonchev–Trinajstić information content (AvgIpc) is 2.73. The van der Waals surface area contributed by atoms with Crippen molar-refractivity contribution in [2.75, 3.05) is 23.8 Å². The van der Waals surface area contributed by atoms with Crippen LogP contribution in [0.15, 0.2) is 55.2 Å². The van der Waals surface area contributed by atoms with Crippen molar-refractivity contribution < 1.29 is 27.8 Å². The summed E-state index contributed by atoms with van der Waals surface area (Å²) in [5.74, 6) is -0.476. The third kappa shape index (κ3) is 5.64. The fraction of sp³-hybridized carbons (Fsp3) is 0.158. The van der Waals surface area contributed by atoms with Gasteiger partial charge in [0.15, 0.2) is 0 Å². The zero-order valence-electron chi connectivity index (χ0n) is 15.3. The Labute approximate surface area is 168 Å². The van der Waals surface area contributed by atoms with E-state index in [0.717, 1.165) is 12.1 Å². The predicted octanol–water partition coefficient (Wildman–Crippen LogP) is 3.09. The number of ether oxygens (including phenoxy) is 1. The Balaban J connectivity index is 1.80. The van der Waals surface area contributed by atoms with E-state index in [1.54, 1.807) is 18.5 Å². The first kappa shape index (κ1) is 21.0. The summed E-state index contributed by atoms with van der Waals surface area (Å²) >= 11 is 0. The summed E-state index contributed by atoms with van der Waals surface area (Å²) in [6.07, 6.45) is 1.01. The molecule has 0 radical (unpaired) electrons. The van der Waals surface area contributed by atoms with Crippen molar-refractivity contribution in [2.45, 2.75) is 6.36 Å². The summed E-state index contributed by atoms with van der Waals surface area (Å²) in [7, 11) is 0. The van der Waals surface area contributed by atoms with Gasteiger partial charge in [-0.25, -0.2) is 15.0 Å². The number of anilines is 2. The van der Waals surface area contributed by atoms with Crippen LogP contribution in [0.25, 0.3) is 11.1 Å². The molecule has 0 aliphatic heterocycles. The van der Waals surface area contributed by atoms with Crippen molar-refractivity contribution in [3.63, 3.8) is 0 Å². The molecule has 2 aromatic heterocycles. The number of nitrogens with one attached hydrogen (secondary N) is 2. The van der Waals surface area contributed by atoms with E-state index in [-0.39, 0.29) is 24.4 Å². The number of aliphatic hydroxyl groups is 1. The second kappa shape index (κ2) is 9.18. The predicted molar refractivity (Wildman–Crippen MR) is 102 cm³/mol. The summed E-state index contributed by atoms with van der Waals surface area (Å²) in [5, 5.41) is 14.6. The molecule has 156 valence electrons. The Hall–Kier alpha value is -3.73. The molecule has 0 atom stereocenters. The van der Waals surface area contributed by atoms with Crippen LogP contribution < -0.4 is 15.4 Å². The number of aromatic nitrogens is 3. The van der Waals surface area contributed by atoms with Crippen molar-refractivity contribution >= 4 is 17.4 Å². The highest BCUT2D eigenvalue weighted by Crippen LogP contribution is 2.27. The van der Waals surface area contributed by atoms with E-state index in [1.807, 2.05) is 0 Å². The van der Waals surface area contributed by atoms with Crippen molar-refractivity contribution in [3.8, 4) is 16.9 Å². The third-order valence-corrected chi connectivity index (χ3v) is 3.77. The number of aliphatic hydroxyl groups excluding tert-OH is 1. The van der Waals surface area contributed by atoms with Gasteiger partial charge in [-0.15, -0.1) is 13.2 Å². The van der Waals surface area contributed by atoms with Gasteiger partial charge in [0.2, 0.25) is 0 Å². The molecule has 3 N–H and O–H groups in total. The molecule has 1 amide bonds. The lowest BCUT2D eigenvalue weighted by molar-refractivity contribution is -0.274. The van der Waals surface area contributed by atoms with Gasteiger partial charge in [0.25, 0.3) is 5.91 Å². The molecule has 8 nitrogen and oxygen atoms in total. The number of alkyl halides is 3. The number of benzene rings is 1. The van der Waals surface area contributed by atoms with Crippen molar-refractivity contribution in [3.05, 3.63) is 60.8 Å². The van der Waals surface area contributed by atoms with E-state index in [1.165, 1.54) is 24.7 Å². The molecule has 0 unspecified atom stereocenters. The van der Waals surface area contributed by atoms with Crippen LogP contribution in [-0.2, 0) is 0 Å². The van der Waals surface area contributed by atoms with Crippen LogP contribution in [0.2, 0.25) is 0 Å². The normalized spacial score (nSPS) is 11.1. The van der Waals surface area contributed by atoms with E-state index >= 15 is 0 Å². The van der Waals surface area contributed by atoms with E-state index in [9.17, 15) is 18.0 Å². The number of carbonyl (C=O) groups is 1. The van der Waals surface area contributed by atoms with Gasteiger partial charge in [0, 0.05) is 41.9 Å². The first-order valence-electron chi connectivity index (χ1n) is 8.63. The Bertz CT molecular complexity index is 999. The van der Waals surface area contributed by atoms with Crippen molar-refractivity contribution in [2.24, 2.45) is 0 Å². The van der Waals surface area contributed by atoms with Gasteiger partial charge in [-0.05, 0) is 30.3 Å². The molecular weight excluding hydrogens is 403 g/mol. The Kier molecular flexibility index (Phi) is 6.42. The summed E-state index contributed by atoms with van der Waals surface area (Å²) < 4.78 is 40.5. The van der Waals surface area contributed by atoms with E-state index in [0.29, 0.717) is 16.9 Å². The lowest BCUT2D eigenvalue weighted by Crippen LogP contribution is -2.17. The molecular formula is C19H16F3N5O3. The fourth-order valence-electron chi connectivity index (χ4n) is 2.51. The number of carbonyl (C=O) groups excluding carboxylic acids is 1. The lowest BCUT2D eigenvalue weighted by atomic mass is 10.1. The summed E-state index contributed by atoms with van der Waals surface area (Å²) in [6.45, 7) is 0.147. The molecule has 0 fully saturated rings.